The molecule has 0 saturated carbocycles. The molecule has 0 bridgehead atoms. The van der Waals surface area contributed by atoms with E-state index in [0.717, 1.165) is 5.65 Å². The van der Waals surface area contributed by atoms with Crippen molar-refractivity contribution in [3.63, 3.8) is 0 Å². The molecule has 2 heterocycles. The topological polar surface area (TPSA) is 34.4 Å². The number of pyridine rings is 1. The highest BCUT2D eigenvalue weighted by atomic mass is 79.9. The zero-order valence-corrected chi connectivity index (χ0v) is 9.42. The number of ketones is 1. The lowest BCUT2D eigenvalue weighted by atomic mass is 10.3. The standard InChI is InChI=1S/C9H6BrClN2O/c10-3-8(14)7-4-12-9-2-1-6(11)5-13(7)9/h1-2,4-5H,3H2. The van der Waals surface area contributed by atoms with Gasteiger partial charge >= 0.3 is 0 Å². The lowest BCUT2D eigenvalue weighted by Gasteiger charge is -1.98. The molecule has 5 heteroatoms. The maximum atomic E-state index is 11.4. The second-order valence-corrected chi connectivity index (χ2v) is 3.77. The van der Waals surface area contributed by atoms with E-state index in [0.29, 0.717) is 10.7 Å². The molecule has 2 aromatic heterocycles. The number of nitrogens with zero attached hydrogens (tertiary/aromatic N) is 2. The highest BCUT2D eigenvalue weighted by Gasteiger charge is 2.10. The van der Waals surface area contributed by atoms with Crippen molar-refractivity contribution in [2.45, 2.75) is 0 Å². The van der Waals surface area contributed by atoms with Crippen molar-refractivity contribution in [3.05, 3.63) is 35.2 Å². The number of imidazole rings is 1. The molecule has 0 unspecified atom stereocenters. The van der Waals surface area contributed by atoms with E-state index >= 15 is 0 Å². The van der Waals surface area contributed by atoms with Gasteiger partial charge in [0.15, 0.2) is 5.78 Å². The van der Waals surface area contributed by atoms with Gasteiger partial charge in [-0.2, -0.15) is 0 Å². The number of rotatable bonds is 2. The van der Waals surface area contributed by atoms with E-state index in [9.17, 15) is 4.79 Å². The van der Waals surface area contributed by atoms with Crippen molar-refractivity contribution >= 4 is 39.0 Å². The van der Waals surface area contributed by atoms with Gasteiger partial charge in [-0.1, -0.05) is 27.5 Å². The first kappa shape index (κ1) is 9.68. The number of Topliss-reactive ketones (excluding diaryl/α,β-unsaturated/α-hetero) is 1. The summed E-state index contributed by atoms with van der Waals surface area (Å²) in [5.74, 6) is -0.0141. The smallest absolute Gasteiger partial charge is 0.191 e. The second-order valence-electron chi connectivity index (χ2n) is 2.78. The lowest BCUT2D eigenvalue weighted by molar-refractivity contribution is 0.101. The van der Waals surface area contributed by atoms with Crippen molar-refractivity contribution in [2.24, 2.45) is 0 Å². The zero-order chi connectivity index (χ0) is 10.1. The SMILES string of the molecule is O=C(CBr)c1cnc2ccc(Cl)cn12. The van der Waals surface area contributed by atoms with Gasteiger partial charge in [-0.3, -0.25) is 9.20 Å². The van der Waals surface area contributed by atoms with Gasteiger partial charge in [0, 0.05) is 6.20 Å². The molecule has 0 aliphatic heterocycles. The molecule has 0 fully saturated rings. The van der Waals surface area contributed by atoms with Gasteiger partial charge in [0.25, 0.3) is 0 Å². The van der Waals surface area contributed by atoms with Gasteiger partial charge in [0.1, 0.15) is 11.3 Å². The molecule has 0 aliphatic rings. The van der Waals surface area contributed by atoms with E-state index in [1.807, 2.05) is 0 Å². The minimum atomic E-state index is -0.0141. The molecule has 14 heavy (non-hydrogen) atoms. The summed E-state index contributed by atoms with van der Waals surface area (Å²) in [5.41, 5.74) is 1.26. The maximum Gasteiger partial charge on any atom is 0.191 e. The van der Waals surface area contributed by atoms with Crippen molar-refractivity contribution in [1.82, 2.24) is 9.38 Å². The van der Waals surface area contributed by atoms with Crippen LogP contribution < -0.4 is 0 Å². The summed E-state index contributed by atoms with van der Waals surface area (Å²) in [6.07, 6.45) is 3.23. The largest absolute Gasteiger partial charge is 0.296 e. The van der Waals surface area contributed by atoms with Crippen molar-refractivity contribution in [3.8, 4) is 0 Å². The van der Waals surface area contributed by atoms with Gasteiger partial charge in [0.05, 0.1) is 16.5 Å². The number of hydrogen-bond donors (Lipinski definition) is 0. The first-order valence-electron chi connectivity index (χ1n) is 3.94. The molecule has 0 amide bonds. The predicted octanol–water partition coefficient (Wildman–Crippen LogP) is 2.57. The number of hydrogen-bond acceptors (Lipinski definition) is 2. The third kappa shape index (κ3) is 1.55. The molecule has 0 aliphatic carbocycles. The summed E-state index contributed by atoms with van der Waals surface area (Å²) in [4.78, 5) is 15.5. The zero-order valence-electron chi connectivity index (χ0n) is 7.08. The summed E-state index contributed by atoms with van der Waals surface area (Å²) in [6.45, 7) is 0. The number of aromatic nitrogens is 2. The van der Waals surface area contributed by atoms with Gasteiger partial charge < -0.3 is 0 Å². The fourth-order valence-corrected chi connectivity index (χ4v) is 1.68. The molecule has 0 aromatic carbocycles. The summed E-state index contributed by atoms with van der Waals surface area (Å²) in [5, 5.41) is 0.868. The lowest BCUT2D eigenvalue weighted by Crippen LogP contribution is -2.03. The molecule has 0 saturated heterocycles. The minimum Gasteiger partial charge on any atom is -0.296 e. The Balaban J connectivity index is 2.67. The van der Waals surface area contributed by atoms with Crippen LogP contribution in [-0.4, -0.2) is 20.5 Å². The molecular formula is C9H6BrClN2O. The normalized spacial score (nSPS) is 10.7. The Bertz CT molecular complexity index is 495. The number of carbonyl (C=O) groups is 1. The molecular weight excluding hydrogens is 267 g/mol. The van der Waals surface area contributed by atoms with Gasteiger partial charge in [-0.15, -0.1) is 0 Å². The molecule has 0 spiro atoms. The Hall–Kier alpha value is -0.870. The van der Waals surface area contributed by atoms with Crippen LogP contribution in [-0.2, 0) is 0 Å². The van der Waals surface area contributed by atoms with Crippen LogP contribution in [0.3, 0.4) is 0 Å². The van der Waals surface area contributed by atoms with Crippen LogP contribution in [0.2, 0.25) is 5.02 Å². The first-order chi connectivity index (χ1) is 6.72. The third-order valence-electron chi connectivity index (χ3n) is 1.88. The Kier molecular flexibility index (Phi) is 2.56. The van der Waals surface area contributed by atoms with Gasteiger partial charge in [-0.25, -0.2) is 4.98 Å². The average molecular weight is 274 g/mol. The Morgan fingerprint density at radius 3 is 3.07 bits per heavy atom. The number of carbonyl (C=O) groups excluding carboxylic acids is 1. The number of fused-ring (bicyclic) bond motifs is 1. The highest BCUT2D eigenvalue weighted by Crippen LogP contribution is 2.13. The molecule has 2 aromatic rings. The van der Waals surface area contributed by atoms with Crippen molar-refractivity contribution in [2.75, 3.05) is 5.33 Å². The third-order valence-corrected chi connectivity index (χ3v) is 2.61. The van der Waals surface area contributed by atoms with Crippen LogP contribution in [0, 0.1) is 0 Å². The average Bonchev–Trinajstić information content (AvgIpc) is 2.59. The minimum absolute atomic E-state index is 0.0141. The highest BCUT2D eigenvalue weighted by molar-refractivity contribution is 9.09. The Morgan fingerprint density at radius 1 is 1.57 bits per heavy atom. The number of alkyl halides is 1. The molecule has 3 nitrogen and oxygen atoms in total. The Labute approximate surface area is 93.8 Å². The Morgan fingerprint density at radius 2 is 2.36 bits per heavy atom. The van der Waals surface area contributed by atoms with Crippen LogP contribution in [0.5, 0.6) is 0 Å². The maximum absolute atomic E-state index is 11.4. The predicted molar refractivity (Wildman–Crippen MR) is 58.3 cm³/mol. The fourth-order valence-electron chi connectivity index (χ4n) is 1.23. The van der Waals surface area contributed by atoms with E-state index in [4.69, 9.17) is 11.6 Å². The van der Waals surface area contributed by atoms with E-state index in [1.165, 1.54) is 0 Å². The van der Waals surface area contributed by atoms with Gasteiger partial charge in [-0.05, 0) is 12.1 Å². The summed E-state index contributed by atoms with van der Waals surface area (Å²) < 4.78 is 1.69. The van der Waals surface area contributed by atoms with Crippen LogP contribution >= 0.6 is 27.5 Å². The summed E-state index contributed by atoms with van der Waals surface area (Å²) in [7, 11) is 0. The van der Waals surface area contributed by atoms with E-state index in [2.05, 4.69) is 20.9 Å². The molecule has 72 valence electrons. The quantitative estimate of drug-likeness (QED) is 0.622. The monoisotopic (exact) mass is 272 g/mol. The van der Waals surface area contributed by atoms with E-state index in [-0.39, 0.29) is 11.1 Å². The first-order valence-corrected chi connectivity index (χ1v) is 5.44. The molecule has 0 atom stereocenters. The fraction of sp³-hybridized carbons (Fsp3) is 0.111. The van der Waals surface area contributed by atoms with Crippen LogP contribution in [0.1, 0.15) is 10.5 Å². The van der Waals surface area contributed by atoms with E-state index in [1.54, 1.807) is 28.9 Å². The molecule has 2 rings (SSSR count). The van der Waals surface area contributed by atoms with Crippen molar-refractivity contribution < 1.29 is 4.79 Å². The van der Waals surface area contributed by atoms with E-state index < -0.39 is 0 Å². The molecule has 0 N–H and O–H groups in total. The van der Waals surface area contributed by atoms with Crippen LogP contribution in [0.25, 0.3) is 5.65 Å². The second kappa shape index (κ2) is 3.71. The molecule has 0 radical (unpaired) electrons. The number of halogens is 2. The summed E-state index contributed by atoms with van der Waals surface area (Å²) >= 11 is 8.94. The van der Waals surface area contributed by atoms with Gasteiger partial charge in [0.2, 0.25) is 0 Å². The van der Waals surface area contributed by atoms with Crippen LogP contribution in [0.15, 0.2) is 24.5 Å². The van der Waals surface area contributed by atoms with Crippen LogP contribution in [0.4, 0.5) is 0 Å². The summed E-state index contributed by atoms with van der Waals surface area (Å²) in [6, 6.07) is 3.51. The van der Waals surface area contributed by atoms with Crippen molar-refractivity contribution in [1.29, 1.82) is 0 Å².